The maximum atomic E-state index is 12.1. The van der Waals surface area contributed by atoms with Crippen molar-refractivity contribution in [2.75, 3.05) is 40.8 Å². The average molecular weight is 262 g/mol. The van der Waals surface area contributed by atoms with Gasteiger partial charge in [-0.05, 0) is 32.6 Å². The molecule has 0 aliphatic rings. The highest BCUT2D eigenvalue weighted by Gasteiger charge is 2.10. The van der Waals surface area contributed by atoms with Crippen molar-refractivity contribution in [2.45, 2.75) is 19.8 Å². The Balaban J connectivity index is 2.53. The lowest BCUT2D eigenvalue weighted by atomic mass is 10.0. The molecule has 0 amide bonds. The van der Waals surface area contributed by atoms with Gasteiger partial charge < -0.3 is 4.90 Å². The fourth-order valence-electron chi connectivity index (χ4n) is 1.84. The van der Waals surface area contributed by atoms with E-state index in [1.165, 1.54) is 5.56 Å². The second kappa shape index (κ2) is 7.41. The first-order chi connectivity index (χ1) is 8.90. The molecular weight excluding hydrogens is 236 g/mol. The number of likely N-dealkylation sites (N-methyl/N-ethyl adjacent to an activating group) is 2. The zero-order valence-corrected chi connectivity index (χ0v) is 12.8. The minimum Gasteiger partial charge on any atom is -0.308 e. The van der Waals surface area contributed by atoms with Crippen LogP contribution in [0.4, 0.5) is 0 Å². The molecule has 106 valence electrons. The molecule has 0 saturated carbocycles. The molecule has 0 aliphatic carbocycles. The molecule has 19 heavy (non-hydrogen) atoms. The van der Waals surface area contributed by atoms with E-state index in [0.29, 0.717) is 12.5 Å². The van der Waals surface area contributed by atoms with Crippen LogP contribution in [-0.2, 0) is 0 Å². The Morgan fingerprint density at radius 2 is 1.63 bits per heavy atom. The normalized spacial score (nSPS) is 11.6. The number of carbonyl (C=O) groups is 1. The Morgan fingerprint density at radius 1 is 1.05 bits per heavy atom. The van der Waals surface area contributed by atoms with Crippen molar-refractivity contribution in [3.8, 4) is 0 Å². The van der Waals surface area contributed by atoms with Gasteiger partial charge in [-0.15, -0.1) is 0 Å². The Kier molecular flexibility index (Phi) is 6.19. The zero-order valence-electron chi connectivity index (χ0n) is 12.8. The van der Waals surface area contributed by atoms with Crippen LogP contribution in [0.1, 0.15) is 35.7 Å². The first-order valence-corrected chi connectivity index (χ1v) is 6.86. The van der Waals surface area contributed by atoms with Gasteiger partial charge in [-0.3, -0.25) is 9.69 Å². The summed E-state index contributed by atoms with van der Waals surface area (Å²) in [4.78, 5) is 16.3. The first-order valence-electron chi connectivity index (χ1n) is 6.86. The van der Waals surface area contributed by atoms with E-state index in [4.69, 9.17) is 0 Å². The van der Waals surface area contributed by atoms with E-state index in [1.54, 1.807) is 0 Å². The van der Waals surface area contributed by atoms with Gasteiger partial charge in [-0.1, -0.05) is 38.1 Å². The quantitative estimate of drug-likeness (QED) is 0.705. The van der Waals surface area contributed by atoms with Crippen molar-refractivity contribution < 1.29 is 4.79 Å². The molecule has 0 spiro atoms. The summed E-state index contributed by atoms with van der Waals surface area (Å²) in [6, 6.07) is 7.99. The molecule has 0 saturated heterocycles. The third-order valence-electron chi connectivity index (χ3n) is 3.24. The molecule has 0 atom stereocenters. The topological polar surface area (TPSA) is 23.6 Å². The average Bonchev–Trinajstić information content (AvgIpc) is 2.36. The van der Waals surface area contributed by atoms with Gasteiger partial charge in [0.15, 0.2) is 5.78 Å². The van der Waals surface area contributed by atoms with Crippen molar-refractivity contribution in [1.82, 2.24) is 9.80 Å². The predicted octanol–water partition coefficient (Wildman–Crippen LogP) is 2.49. The number of rotatable bonds is 7. The summed E-state index contributed by atoms with van der Waals surface area (Å²) in [5.41, 5.74) is 2.08. The predicted molar refractivity (Wildman–Crippen MR) is 80.9 cm³/mol. The van der Waals surface area contributed by atoms with Gasteiger partial charge in [0, 0.05) is 18.7 Å². The van der Waals surface area contributed by atoms with Crippen LogP contribution in [0, 0.1) is 0 Å². The van der Waals surface area contributed by atoms with Crippen LogP contribution < -0.4 is 0 Å². The number of nitrogens with zero attached hydrogens (tertiary/aromatic N) is 2. The molecule has 1 aromatic carbocycles. The number of hydrogen-bond acceptors (Lipinski definition) is 3. The van der Waals surface area contributed by atoms with Gasteiger partial charge in [0.2, 0.25) is 0 Å². The van der Waals surface area contributed by atoms with E-state index in [0.717, 1.165) is 18.7 Å². The van der Waals surface area contributed by atoms with Crippen LogP contribution in [-0.4, -0.2) is 56.4 Å². The van der Waals surface area contributed by atoms with E-state index in [9.17, 15) is 4.79 Å². The molecule has 0 N–H and O–H groups in total. The highest BCUT2D eigenvalue weighted by Crippen LogP contribution is 2.15. The van der Waals surface area contributed by atoms with Crippen LogP contribution in [0.15, 0.2) is 24.3 Å². The van der Waals surface area contributed by atoms with Gasteiger partial charge in [-0.2, -0.15) is 0 Å². The lowest BCUT2D eigenvalue weighted by molar-refractivity contribution is 0.0942. The number of ketones is 1. The van der Waals surface area contributed by atoms with E-state index < -0.39 is 0 Å². The Bertz CT molecular complexity index is 396. The maximum absolute atomic E-state index is 12.1. The SMILES string of the molecule is CC(C)c1ccc(C(=O)CN(C)CCN(C)C)cc1. The number of Topliss-reactive ketones (excluding diaryl/α,β-unsaturated/α-hetero) is 1. The summed E-state index contributed by atoms with van der Waals surface area (Å²) in [5.74, 6) is 0.698. The molecule has 0 heterocycles. The maximum Gasteiger partial charge on any atom is 0.176 e. The van der Waals surface area contributed by atoms with Crippen molar-refractivity contribution in [3.63, 3.8) is 0 Å². The second-order valence-electron chi connectivity index (χ2n) is 5.74. The largest absolute Gasteiger partial charge is 0.308 e. The minimum absolute atomic E-state index is 0.191. The highest BCUT2D eigenvalue weighted by molar-refractivity contribution is 5.97. The van der Waals surface area contributed by atoms with E-state index in [-0.39, 0.29) is 5.78 Å². The number of hydrogen-bond donors (Lipinski definition) is 0. The summed E-state index contributed by atoms with van der Waals surface area (Å²) in [5, 5.41) is 0. The summed E-state index contributed by atoms with van der Waals surface area (Å²) < 4.78 is 0. The van der Waals surface area contributed by atoms with Crippen LogP contribution in [0.3, 0.4) is 0 Å². The number of carbonyl (C=O) groups excluding carboxylic acids is 1. The van der Waals surface area contributed by atoms with Crippen molar-refractivity contribution in [2.24, 2.45) is 0 Å². The highest BCUT2D eigenvalue weighted by atomic mass is 16.1. The molecular formula is C16H26N2O. The molecule has 0 aromatic heterocycles. The van der Waals surface area contributed by atoms with Crippen molar-refractivity contribution in [1.29, 1.82) is 0 Å². The van der Waals surface area contributed by atoms with Crippen molar-refractivity contribution >= 4 is 5.78 Å². The molecule has 0 aliphatic heterocycles. The summed E-state index contributed by atoms with van der Waals surface area (Å²) in [6.07, 6.45) is 0. The Morgan fingerprint density at radius 3 is 2.11 bits per heavy atom. The molecule has 0 bridgehead atoms. The van der Waals surface area contributed by atoms with E-state index in [2.05, 4.69) is 35.8 Å². The molecule has 3 heteroatoms. The summed E-state index contributed by atoms with van der Waals surface area (Å²) in [6.45, 7) is 6.67. The van der Waals surface area contributed by atoms with Gasteiger partial charge in [0.1, 0.15) is 0 Å². The molecule has 1 aromatic rings. The molecule has 1 rings (SSSR count). The van der Waals surface area contributed by atoms with Crippen LogP contribution in [0.2, 0.25) is 0 Å². The number of benzene rings is 1. The lowest BCUT2D eigenvalue weighted by Gasteiger charge is -2.18. The lowest BCUT2D eigenvalue weighted by Crippen LogP contribution is -2.32. The summed E-state index contributed by atoms with van der Waals surface area (Å²) >= 11 is 0. The van der Waals surface area contributed by atoms with Crippen LogP contribution in [0.5, 0.6) is 0 Å². The third kappa shape index (κ3) is 5.53. The second-order valence-corrected chi connectivity index (χ2v) is 5.74. The smallest absolute Gasteiger partial charge is 0.176 e. The first kappa shape index (κ1) is 15.9. The zero-order chi connectivity index (χ0) is 14.4. The molecule has 0 radical (unpaired) electrons. The van der Waals surface area contributed by atoms with Crippen molar-refractivity contribution in [3.05, 3.63) is 35.4 Å². The van der Waals surface area contributed by atoms with Gasteiger partial charge >= 0.3 is 0 Å². The van der Waals surface area contributed by atoms with Gasteiger partial charge in [-0.25, -0.2) is 0 Å². The molecule has 0 unspecified atom stereocenters. The Hall–Kier alpha value is -1.19. The van der Waals surface area contributed by atoms with Crippen LogP contribution in [0.25, 0.3) is 0 Å². The van der Waals surface area contributed by atoms with E-state index in [1.807, 2.05) is 33.3 Å². The third-order valence-corrected chi connectivity index (χ3v) is 3.24. The molecule has 3 nitrogen and oxygen atoms in total. The summed E-state index contributed by atoms with van der Waals surface area (Å²) in [7, 11) is 6.07. The fourth-order valence-corrected chi connectivity index (χ4v) is 1.84. The van der Waals surface area contributed by atoms with E-state index >= 15 is 0 Å². The Labute approximate surface area is 117 Å². The standard InChI is InChI=1S/C16H26N2O/c1-13(2)14-6-8-15(9-7-14)16(19)12-18(5)11-10-17(3)4/h6-9,13H,10-12H2,1-5H3. The fraction of sp³-hybridized carbons (Fsp3) is 0.562. The molecule has 0 fully saturated rings. The monoisotopic (exact) mass is 262 g/mol. The minimum atomic E-state index is 0.191. The van der Waals surface area contributed by atoms with Gasteiger partial charge in [0.25, 0.3) is 0 Å². The van der Waals surface area contributed by atoms with Crippen LogP contribution >= 0.6 is 0 Å². The van der Waals surface area contributed by atoms with Gasteiger partial charge in [0.05, 0.1) is 6.54 Å².